The molecular formula is C12H23NS. The first kappa shape index (κ1) is 12.1. The van der Waals surface area contributed by atoms with Crippen molar-refractivity contribution in [3.8, 4) is 0 Å². The minimum Gasteiger partial charge on any atom is -0.299 e. The molecule has 0 radical (unpaired) electrons. The highest BCUT2D eigenvalue weighted by Gasteiger charge is 2.24. The fraction of sp³-hybridized carbons (Fsp3) is 0.833. The molecule has 0 aliphatic heterocycles. The molecule has 0 aromatic carbocycles. The summed E-state index contributed by atoms with van der Waals surface area (Å²) in [5.41, 5.74) is 1.23. The van der Waals surface area contributed by atoms with Crippen LogP contribution in [0.1, 0.15) is 32.6 Å². The highest BCUT2D eigenvalue weighted by Crippen LogP contribution is 2.27. The zero-order valence-corrected chi connectivity index (χ0v) is 10.4. The predicted octanol–water partition coefficient (Wildman–Crippen LogP) is 2.98. The maximum atomic E-state index is 4.25. The van der Waals surface area contributed by atoms with Gasteiger partial charge in [0.1, 0.15) is 0 Å². The van der Waals surface area contributed by atoms with Crippen molar-refractivity contribution >= 4 is 12.6 Å². The molecule has 2 heteroatoms. The Labute approximate surface area is 94.0 Å². The van der Waals surface area contributed by atoms with Gasteiger partial charge < -0.3 is 0 Å². The molecule has 1 saturated carbocycles. The van der Waals surface area contributed by atoms with Gasteiger partial charge in [0, 0.05) is 18.3 Å². The summed E-state index contributed by atoms with van der Waals surface area (Å²) in [7, 11) is 2.22. The van der Waals surface area contributed by atoms with E-state index in [1.54, 1.807) is 0 Å². The van der Waals surface area contributed by atoms with Crippen LogP contribution in [0.25, 0.3) is 0 Å². The van der Waals surface area contributed by atoms with Gasteiger partial charge in [-0.15, -0.1) is 0 Å². The molecule has 2 atom stereocenters. The van der Waals surface area contributed by atoms with Gasteiger partial charge in [-0.25, -0.2) is 0 Å². The molecular weight excluding hydrogens is 190 g/mol. The molecule has 1 rings (SSSR count). The lowest BCUT2D eigenvalue weighted by Crippen LogP contribution is -2.39. The molecule has 1 nitrogen and oxygen atoms in total. The summed E-state index contributed by atoms with van der Waals surface area (Å²) in [5.74, 6) is 1.66. The molecule has 1 fully saturated rings. The van der Waals surface area contributed by atoms with Gasteiger partial charge in [-0.2, -0.15) is 12.6 Å². The van der Waals surface area contributed by atoms with E-state index in [0.29, 0.717) is 0 Å². The Balaban J connectivity index is 2.41. The Morgan fingerprint density at radius 1 is 1.43 bits per heavy atom. The van der Waals surface area contributed by atoms with Crippen LogP contribution in [0.2, 0.25) is 0 Å². The van der Waals surface area contributed by atoms with Crippen LogP contribution in [0, 0.1) is 5.92 Å². The van der Waals surface area contributed by atoms with Crippen LogP contribution < -0.4 is 0 Å². The lowest BCUT2D eigenvalue weighted by atomic mass is 9.85. The number of hydrogen-bond acceptors (Lipinski definition) is 2. The Hall–Kier alpha value is 0.0500. The monoisotopic (exact) mass is 213 g/mol. The first-order valence-electron chi connectivity index (χ1n) is 5.63. The Bertz CT molecular complexity index is 191. The van der Waals surface area contributed by atoms with E-state index in [1.807, 2.05) is 0 Å². The van der Waals surface area contributed by atoms with Gasteiger partial charge in [0.2, 0.25) is 0 Å². The molecule has 0 heterocycles. The molecule has 0 N–H and O–H groups in total. The summed E-state index contributed by atoms with van der Waals surface area (Å²) >= 11 is 4.25. The molecule has 14 heavy (non-hydrogen) atoms. The number of likely N-dealkylation sites (N-methyl/N-ethyl adjacent to an activating group) is 1. The van der Waals surface area contributed by atoms with E-state index in [9.17, 15) is 0 Å². The van der Waals surface area contributed by atoms with E-state index in [-0.39, 0.29) is 0 Å². The van der Waals surface area contributed by atoms with E-state index in [1.165, 1.54) is 31.3 Å². The highest BCUT2D eigenvalue weighted by molar-refractivity contribution is 7.80. The van der Waals surface area contributed by atoms with Crippen LogP contribution in [-0.2, 0) is 0 Å². The van der Waals surface area contributed by atoms with Crippen LogP contribution in [0.15, 0.2) is 12.2 Å². The van der Waals surface area contributed by atoms with Gasteiger partial charge in [-0.05, 0) is 25.8 Å². The Morgan fingerprint density at radius 2 is 2.07 bits per heavy atom. The fourth-order valence-electron chi connectivity index (χ4n) is 2.47. The number of hydrogen-bond donors (Lipinski definition) is 1. The third-order valence-corrected chi connectivity index (χ3v) is 3.78. The van der Waals surface area contributed by atoms with Gasteiger partial charge in [0.05, 0.1) is 0 Å². The van der Waals surface area contributed by atoms with Crippen LogP contribution in [-0.4, -0.2) is 30.3 Å². The average molecular weight is 213 g/mol. The summed E-state index contributed by atoms with van der Waals surface area (Å²) in [6, 6.07) is 0.764. The first-order valence-corrected chi connectivity index (χ1v) is 6.26. The van der Waals surface area contributed by atoms with Gasteiger partial charge >= 0.3 is 0 Å². The number of thiol groups is 1. The van der Waals surface area contributed by atoms with E-state index in [0.717, 1.165) is 24.3 Å². The van der Waals surface area contributed by atoms with E-state index < -0.39 is 0 Å². The van der Waals surface area contributed by atoms with Crippen molar-refractivity contribution in [1.29, 1.82) is 0 Å². The van der Waals surface area contributed by atoms with Crippen LogP contribution in [0.5, 0.6) is 0 Å². The molecule has 0 saturated heterocycles. The summed E-state index contributed by atoms with van der Waals surface area (Å²) in [4.78, 5) is 2.46. The van der Waals surface area contributed by atoms with Crippen molar-refractivity contribution in [3.05, 3.63) is 12.2 Å². The molecule has 1 aliphatic carbocycles. The molecule has 1 aliphatic rings. The zero-order chi connectivity index (χ0) is 10.6. The topological polar surface area (TPSA) is 3.24 Å². The first-order chi connectivity index (χ1) is 6.65. The molecule has 0 spiro atoms. The van der Waals surface area contributed by atoms with Gasteiger partial charge in [0.15, 0.2) is 0 Å². The minimum absolute atomic E-state index is 0.764. The average Bonchev–Trinajstić information content (AvgIpc) is 2.18. The zero-order valence-electron chi connectivity index (χ0n) is 9.50. The van der Waals surface area contributed by atoms with E-state index in [4.69, 9.17) is 0 Å². The normalized spacial score (nSPS) is 28.0. The van der Waals surface area contributed by atoms with Crippen LogP contribution >= 0.6 is 12.6 Å². The van der Waals surface area contributed by atoms with Crippen molar-refractivity contribution in [2.24, 2.45) is 5.92 Å². The Morgan fingerprint density at radius 3 is 2.64 bits per heavy atom. The van der Waals surface area contributed by atoms with Gasteiger partial charge in [-0.1, -0.05) is 31.9 Å². The van der Waals surface area contributed by atoms with Crippen molar-refractivity contribution < 1.29 is 0 Å². The second-order valence-electron chi connectivity index (χ2n) is 4.65. The van der Waals surface area contributed by atoms with E-state index in [2.05, 4.69) is 38.1 Å². The molecule has 0 aromatic heterocycles. The fourth-order valence-corrected chi connectivity index (χ4v) is 2.57. The highest BCUT2D eigenvalue weighted by atomic mass is 32.1. The largest absolute Gasteiger partial charge is 0.299 e. The maximum Gasteiger partial charge on any atom is 0.0198 e. The summed E-state index contributed by atoms with van der Waals surface area (Å²) in [6.07, 6.45) is 5.56. The van der Waals surface area contributed by atoms with Crippen molar-refractivity contribution in [3.63, 3.8) is 0 Å². The SMILES string of the molecule is C=C(CS)CN(C)C1CCCCC1C. The minimum atomic E-state index is 0.764. The van der Waals surface area contributed by atoms with Crippen LogP contribution in [0.3, 0.4) is 0 Å². The van der Waals surface area contributed by atoms with E-state index >= 15 is 0 Å². The van der Waals surface area contributed by atoms with Crippen LogP contribution in [0.4, 0.5) is 0 Å². The number of rotatable bonds is 4. The van der Waals surface area contributed by atoms with Gasteiger partial charge in [0.25, 0.3) is 0 Å². The third-order valence-electron chi connectivity index (χ3n) is 3.33. The lowest BCUT2D eigenvalue weighted by Gasteiger charge is -2.36. The standard InChI is InChI=1S/C12H23NS/c1-10(9-14)8-13(3)12-7-5-4-6-11(12)2/h11-12,14H,1,4-9H2,2-3H3. The van der Waals surface area contributed by atoms with Crippen molar-refractivity contribution in [2.45, 2.75) is 38.6 Å². The lowest BCUT2D eigenvalue weighted by molar-refractivity contribution is 0.150. The third kappa shape index (κ3) is 3.32. The predicted molar refractivity (Wildman–Crippen MR) is 67.0 cm³/mol. The number of nitrogens with zero attached hydrogens (tertiary/aromatic N) is 1. The molecule has 0 amide bonds. The smallest absolute Gasteiger partial charge is 0.0198 e. The van der Waals surface area contributed by atoms with Gasteiger partial charge in [-0.3, -0.25) is 4.90 Å². The molecule has 82 valence electrons. The Kier molecular flexibility index (Phi) is 5.04. The maximum absolute atomic E-state index is 4.25. The second kappa shape index (κ2) is 5.82. The second-order valence-corrected chi connectivity index (χ2v) is 4.97. The quantitative estimate of drug-likeness (QED) is 0.555. The summed E-state index contributed by atoms with van der Waals surface area (Å²) in [5, 5.41) is 0. The molecule has 0 bridgehead atoms. The summed E-state index contributed by atoms with van der Waals surface area (Å²) in [6.45, 7) is 7.41. The van der Waals surface area contributed by atoms with Crippen molar-refractivity contribution in [2.75, 3.05) is 19.3 Å². The molecule has 0 aromatic rings. The van der Waals surface area contributed by atoms with Crippen molar-refractivity contribution in [1.82, 2.24) is 4.90 Å². The summed E-state index contributed by atoms with van der Waals surface area (Å²) < 4.78 is 0. The molecule has 2 unspecified atom stereocenters.